The van der Waals surface area contributed by atoms with Crippen LogP contribution in [0.3, 0.4) is 0 Å². The Hall–Kier alpha value is -2.40. The highest BCUT2D eigenvalue weighted by Crippen LogP contribution is 2.35. The van der Waals surface area contributed by atoms with Crippen LogP contribution in [0.4, 0.5) is 5.69 Å². The van der Waals surface area contributed by atoms with E-state index < -0.39 is 0 Å². The molecule has 1 aliphatic carbocycles. The maximum absolute atomic E-state index is 10.0. The van der Waals surface area contributed by atoms with Crippen LogP contribution in [0.5, 0.6) is 0 Å². The summed E-state index contributed by atoms with van der Waals surface area (Å²) in [4.78, 5) is 4.37. The summed E-state index contributed by atoms with van der Waals surface area (Å²) in [5.74, 6) is 0. The molecule has 0 bridgehead atoms. The van der Waals surface area contributed by atoms with Gasteiger partial charge in [0.25, 0.3) is 0 Å². The van der Waals surface area contributed by atoms with Crippen LogP contribution < -0.4 is 5.32 Å². The molecule has 1 saturated carbocycles. The van der Waals surface area contributed by atoms with Crippen molar-refractivity contribution < 1.29 is 5.11 Å². The number of anilines is 1. The molecule has 0 spiro atoms. The number of fused-ring (bicyclic) bond motifs is 1. The average Bonchev–Trinajstić information content (AvgIpc) is 3.00. The Morgan fingerprint density at radius 3 is 2.86 bits per heavy atom. The molecular formula is C16H16N4O. The monoisotopic (exact) mass is 280 g/mol. The number of hydrogen-bond acceptors (Lipinski definition) is 4. The van der Waals surface area contributed by atoms with Gasteiger partial charge in [0.1, 0.15) is 0 Å². The van der Waals surface area contributed by atoms with Gasteiger partial charge in [-0.2, -0.15) is 5.10 Å². The van der Waals surface area contributed by atoms with Crippen molar-refractivity contribution in [3.05, 3.63) is 55.0 Å². The Bertz CT molecular complexity index is 751. The summed E-state index contributed by atoms with van der Waals surface area (Å²) in [6, 6.07) is 12.1. The van der Waals surface area contributed by atoms with E-state index in [1.165, 1.54) is 0 Å². The Labute approximate surface area is 122 Å². The summed E-state index contributed by atoms with van der Waals surface area (Å²) in [7, 11) is 0. The second kappa shape index (κ2) is 4.86. The molecule has 1 fully saturated rings. The Morgan fingerprint density at radius 1 is 1.14 bits per heavy atom. The fourth-order valence-electron chi connectivity index (χ4n) is 2.99. The number of rotatable bonds is 3. The second-order valence-electron chi connectivity index (χ2n) is 5.41. The SMILES string of the molecule is O[C@@H]1C[C@H](Nc2ccnc3ccccc23)[C@H]1n1cccn1. The van der Waals surface area contributed by atoms with Gasteiger partial charge in [-0.25, -0.2) is 0 Å². The summed E-state index contributed by atoms with van der Waals surface area (Å²) in [6.07, 6.45) is 5.82. The minimum atomic E-state index is -0.351. The molecule has 0 saturated heterocycles. The molecule has 5 heteroatoms. The van der Waals surface area contributed by atoms with Crippen molar-refractivity contribution in [3.8, 4) is 0 Å². The van der Waals surface area contributed by atoms with E-state index in [2.05, 4.69) is 21.5 Å². The van der Waals surface area contributed by atoms with Crippen LogP contribution in [0.25, 0.3) is 10.9 Å². The van der Waals surface area contributed by atoms with Gasteiger partial charge >= 0.3 is 0 Å². The van der Waals surface area contributed by atoms with Crippen molar-refractivity contribution in [2.45, 2.75) is 24.6 Å². The van der Waals surface area contributed by atoms with Crippen molar-refractivity contribution in [3.63, 3.8) is 0 Å². The molecule has 106 valence electrons. The minimum absolute atomic E-state index is 0.0214. The van der Waals surface area contributed by atoms with Gasteiger partial charge in [0.15, 0.2) is 0 Å². The van der Waals surface area contributed by atoms with E-state index >= 15 is 0 Å². The number of hydrogen-bond donors (Lipinski definition) is 2. The van der Waals surface area contributed by atoms with E-state index in [0.717, 1.165) is 23.0 Å². The molecule has 4 rings (SSSR count). The molecule has 0 radical (unpaired) electrons. The van der Waals surface area contributed by atoms with Gasteiger partial charge in [0.05, 0.1) is 23.7 Å². The average molecular weight is 280 g/mol. The molecule has 21 heavy (non-hydrogen) atoms. The van der Waals surface area contributed by atoms with E-state index in [-0.39, 0.29) is 18.2 Å². The number of aliphatic hydroxyl groups is 1. The Balaban J connectivity index is 1.63. The maximum Gasteiger partial charge on any atom is 0.0980 e. The molecule has 5 nitrogen and oxygen atoms in total. The van der Waals surface area contributed by atoms with Gasteiger partial charge in [0.2, 0.25) is 0 Å². The highest BCUT2D eigenvalue weighted by molar-refractivity contribution is 5.91. The first kappa shape index (κ1) is 12.3. The smallest absolute Gasteiger partial charge is 0.0980 e. The van der Waals surface area contributed by atoms with E-state index in [9.17, 15) is 5.11 Å². The number of pyridine rings is 1. The van der Waals surface area contributed by atoms with Crippen molar-refractivity contribution in [1.82, 2.24) is 14.8 Å². The molecule has 3 aromatic rings. The van der Waals surface area contributed by atoms with Crippen LogP contribution in [0.2, 0.25) is 0 Å². The largest absolute Gasteiger partial charge is 0.391 e. The van der Waals surface area contributed by atoms with Crippen LogP contribution in [-0.4, -0.2) is 32.0 Å². The van der Waals surface area contributed by atoms with E-state index in [4.69, 9.17) is 0 Å². The summed E-state index contributed by atoms with van der Waals surface area (Å²) < 4.78 is 1.83. The molecule has 0 amide bonds. The molecule has 2 heterocycles. The quantitative estimate of drug-likeness (QED) is 0.772. The van der Waals surface area contributed by atoms with Gasteiger partial charge in [-0.1, -0.05) is 18.2 Å². The number of nitrogens with one attached hydrogen (secondary N) is 1. The van der Waals surface area contributed by atoms with Crippen molar-refractivity contribution >= 4 is 16.6 Å². The van der Waals surface area contributed by atoms with Gasteiger partial charge in [-0.05, 0) is 24.6 Å². The standard InChI is InChI=1S/C16H16N4O/c21-15-10-14(16(15)20-9-3-7-18-20)19-13-6-8-17-12-5-2-1-4-11(12)13/h1-9,14-16,21H,10H2,(H,17,19)/t14-,15+,16+/m0/s1. The third kappa shape index (κ3) is 2.06. The summed E-state index contributed by atoms with van der Waals surface area (Å²) in [5, 5.41) is 18.9. The van der Waals surface area contributed by atoms with Crippen LogP contribution in [0.1, 0.15) is 12.5 Å². The van der Waals surface area contributed by atoms with Crippen molar-refractivity contribution in [2.24, 2.45) is 0 Å². The number of aromatic nitrogens is 3. The predicted octanol–water partition coefficient (Wildman–Crippen LogP) is 2.22. The topological polar surface area (TPSA) is 63.0 Å². The first-order chi connectivity index (χ1) is 10.3. The molecule has 1 aliphatic rings. The number of para-hydroxylation sites is 1. The highest BCUT2D eigenvalue weighted by Gasteiger charge is 2.41. The Kier molecular flexibility index (Phi) is 2.86. The van der Waals surface area contributed by atoms with Gasteiger partial charge in [-0.15, -0.1) is 0 Å². The first-order valence-corrected chi connectivity index (χ1v) is 7.10. The summed E-state index contributed by atoms with van der Waals surface area (Å²) in [5.41, 5.74) is 2.02. The lowest BCUT2D eigenvalue weighted by atomic mass is 9.82. The normalized spacial score (nSPS) is 24.7. The maximum atomic E-state index is 10.0. The number of aliphatic hydroxyl groups excluding tert-OH is 1. The van der Waals surface area contributed by atoms with E-state index in [1.54, 1.807) is 6.20 Å². The molecule has 2 N–H and O–H groups in total. The van der Waals surface area contributed by atoms with Crippen LogP contribution in [0, 0.1) is 0 Å². The lowest BCUT2D eigenvalue weighted by Crippen LogP contribution is -2.51. The number of nitrogens with zero attached hydrogens (tertiary/aromatic N) is 3. The molecule has 0 aliphatic heterocycles. The van der Waals surface area contributed by atoms with Crippen molar-refractivity contribution in [2.75, 3.05) is 5.32 Å². The fraction of sp³-hybridized carbons (Fsp3) is 0.250. The van der Waals surface area contributed by atoms with Crippen LogP contribution >= 0.6 is 0 Å². The zero-order valence-electron chi connectivity index (χ0n) is 11.4. The molecular weight excluding hydrogens is 264 g/mol. The van der Waals surface area contributed by atoms with E-state index in [1.807, 2.05) is 47.4 Å². The van der Waals surface area contributed by atoms with Crippen molar-refractivity contribution in [1.29, 1.82) is 0 Å². The minimum Gasteiger partial charge on any atom is -0.391 e. The molecule has 0 unspecified atom stereocenters. The van der Waals surface area contributed by atoms with Gasteiger partial charge < -0.3 is 10.4 Å². The van der Waals surface area contributed by atoms with Gasteiger partial charge in [0, 0.05) is 29.7 Å². The predicted molar refractivity (Wildman–Crippen MR) is 81.0 cm³/mol. The molecule has 2 aromatic heterocycles. The van der Waals surface area contributed by atoms with E-state index in [0.29, 0.717) is 0 Å². The third-order valence-electron chi connectivity index (χ3n) is 4.12. The highest BCUT2D eigenvalue weighted by atomic mass is 16.3. The molecule has 1 aromatic carbocycles. The zero-order valence-corrected chi connectivity index (χ0v) is 11.4. The van der Waals surface area contributed by atoms with Crippen LogP contribution in [0.15, 0.2) is 55.0 Å². The lowest BCUT2D eigenvalue weighted by molar-refractivity contribution is 0.0134. The molecule has 3 atom stereocenters. The zero-order chi connectivity index (χ0) is 14.2. The fourth-order valence-corrected chi connectivity index (χ4v) is 2.99. The third-order valence-corrected chi connectivity index (χ3v) is 4.12. The van der Waals surface area contributed by atoms with Crippen LogP contribution in [-0.2, 0) is 0 Å². The lowest BCUT2D eigenvalue weighted by Gasteiger charge is -2.42. The van der Waals surface area contributed by atoms with Gasteiger partial charge in [-0.3, -0.25) is 9.67 Å². The Morgan fingerprint density at radius 2 is 2.05 bits per heavy atom. The summed E-state index contributed by atoms with van der Waals surface area (Å²) in [6.45, 7) is 0. The number of benzene rings is 1. The first-order valence-electron chi connectivity index (χ1n) is 7.10. The summed E-state index contributed by atoms with van der Waals surface area (Å²) >= 11 is 0. The second-order valence-corrected chi connectivity index (χ2v) is 5.41.